The molecule has 2 aromatic carbocycles. The van der Waals surface area contributed by atoms with Gasteiger partial charge in [0.15, 0.2) is 0 Å². The van der Waals surface area contributed by atoms with Crippen LogP contribution >= 0.6 is 0 Å². The summed E-state index contributed by atoms with van der Waals surface area (Å²) < 4.78 is 39.5. The number of nitrogens with one attached hydrogen (secondary N) is 2. The summed E-state index contributed by atoms with van der Waals surface area (Å²) in [5.41, 5.74) is 0.507. The van der Waals surface area contributed by atoms with Crippen molar-refractivity contribution in [3.8, 4) is 0 Å². The van der Waals surface area contributed by atoms with Crippen LogP contribution in [0.3, 0.4) is 0 Å². The first-order valence-corrected chi connectivity index (χ1v) is 7.35. The number of benzene rings is 2. The number of urea groups is 1. The van der Waals surface area contributed by atoms with E-state index in [4.69, 9.17) is 0 Å². The van der Waals surface area contributed by atoms with Crippen LogP contribution in [0.25, 0.3) is 0 Å². The molecule has 2 rings (SSSR count). The van der Waals surface area contributed by atoms with Crippen molar-refractivity contribution in [2.24, 2.45) is 0 Å². The predicted octanol–water partition coefficient (Wildman–Crippen LogP) is 2.68. The highest BCUT2D eigenvalue weighted by Crippen LogP contribution is 2.15. The van der Waals surface area contributed by atoms with Crippen LogP contribution in [0, 0.1) is 17.5 Å². The minimum absolute atomic E-state index is 0.0908. The third-order valence-corrected chi connectivity index (χ3v) is 3.34. The first-order valence-electron chi connectivity index (χ1n) is 7.35. The van der Waals surface area contributed by atoms with Gasteiger partial charge in [0.05, 0.1) is 6.10 Å². The van der Waals surface area contributed by atoms with Crippen molar-refractivity contribution < 1.29 is 23.1 Å². The molecule has 3 N–H and O–H groups in total. The van der Waals surface area contributed by atoms with Crippen LogP contribution in [0.5, 0.6) is 0 Å². The number of halogens is 3. The topological polar surface area (TPSA) is 61.4 Å². The maximum absolute atomic E-state index is 13.5. The Kier molecular flexibility index (Phi) is 6.20. The molecule has 24 heavy (non-hydrogen) atoms. The quantitative estimate of drug-likeness (QED) is 0.758. The smallest absolute Gasteiger partial charge is 0.314 e. The van der Waals surface area contributed by atoms with Crippen LogP contribution in [0.15, 0.2) is 42.5 Å². The lowest BCUT2D eigenvalue weighted by Crippen LogP contribution is -2.38. The van der Waals surface area contributed by atoms with Gasteiger partial charge in [-0.1, -0.05) is 18.2 Å². The Hall–Kier alpha value is -2.54. The molecule has 0 aliphatic heterocycles. The number of hydrogen-bond donors (Lipinski definition) is 3. The van der Waals surface area contributed by atoms with Crippen molar-refractivity contribution in [3.63, 3.8) is 0 Å². The normalized spacial score (nSPS) is 11.8. The molecule has 0 saturated heterocycles. The van der Waals surface area contributed by atoms with E-state index < -0.39 is 29.6 Å². The molecule has 1 atom stereocenters. The van der Waals surface area contributed by atoms with Crippen LogP contribution in [-0.2, 0) is 6.42 Å². The Morgan fingerprint density at radius 3 is 2.38 bits per heavy atom. The lowest BCUT2D eigenvalue weighted by molar-refractivity contribution is 0.169. The molecule has 4 nitrogen and oxygen atoms in total. The third-order valence-electron chi connectivity index (χ3n) is 3.34. The lowest BCUT2D eigenvalue weighted by Gasteiger charge is -2.13. The zero-order valence-electron chi connectivity index (χ0n) is 12.7. The summed E-state index contributed by atoms with van der Waals surface area (Å²) in [5, 5.41) is 14.7. The summed E-state index contributed by atoms with van der Waals surface area (Å²) in [6.45, 7) is -0.00806. The molecule has 7 heteroatoms. The standard InChI is InChI=1S/C17H17F3N2O2/c18-12-7-11(8-13(19)9-12)5-6-21-17(24)22-10-16(23)14-3-1-2-4-15(14)20/h1-4,7-9,16,23H,5-6,10H2,(H2,21,22,24). The maximum Gasteiger partial charge on any atom is 0.314 e. The number of amides is 2. The van der Waals surface area contributed by atoms with E-state index in [-0.39, 0.29) is 25.1 Å². The molecule has 0 fully saturated rings. The second-order valence-electron chi connectivity index (χ2n) is 5.20. The molecule has 0 saturated carbocycles. The van der Waals surface area contributed by atoms with Gasteiger partial charge in [0.1, 0.15) is 17.5 Å². The van der Waals surface area contributed by atoms with Crippen molar-refractivity contribution >= 4 is 6.03 Å². The highest BCUT2D eigenvalue weighted by molar-refractivity contribution is 5.73. The predicted molar refractivity (Wildman–Crippen MR) is 82.8 cm³/mol. The summed E-state index contributed by atoms with van der Waals surface area (Å²) in [4.78, 5) is 11.6. The molecule has 0 aliphatic rings. The van der Waals surface area contributed by atoms with Crippen LogP contribution in [0.1, 0.15) is 17.2 Å². The van der Waals surface area contributed by atoms with E-state index in [1.807, 2.05) is 0 Å². The van der Waals surface area contributed by atoms with Gasteiger partial charge in [0, 0.05) is 24.7 Å². The van der Waals surface area contributed by atoms with E-state index in [1.54, 1.807) is 6.07 Å². The molecule has 0 aliphatic carbocycles. The van der Waals surface area contributed by atoms with Gasteiger partial charge in [-0.05, 0) is 30.2 Å². The van der Waals surface area contributed by atoms with Crippen LogP contribution in [0.2, 0.25) is 0 Å². The van der Waals surface area contributed by atoms with Gasteiger partial charge < -0.3 is 15.7 Å². The Morgan fingerprint density at radius 1 is 1.04 bits per heavy atom. The first-order chi connectivity index (χ1) is 11.5. The SMILES string of the molecule is O=C(NCCc1cc(F)cc(F)c1)NCC(O)c1ccccc1F. The fourth-order valence-corrected chi connectivity index (χ4v) is 2.18. The molecule has 0 radical (unpaired) electrons. The Morgan fingerprint density at radius 2 is 1.71 bits per heavy atom. The Labute approximate surface area is 137 Å². The number of aliphatic hydroxyl groups is 1. The molecule has 0 spiro atoms. The van der Waals surface area contributed by atoms with Crippen LogP contribution in [0.4, 0.5) is 18.0 Å². The minimum atomic E-state index is -1.17. The monoisotopic (exact) mass is 338 g/mol. The van der Waals surface area contributed by atoms with Crippen LogP contribution in [-0.4, -0.2) is 24.2 Å². The van der Waals surface area contributed by atoms with Gasteiger partial charge >= 0.3 is 6.03 Å². The fourth-order valence-electron chi connectivity index (χ4n) is 2.18. The highest BCUT2D eigenvalue weighted by Gasteiger charge is 2.13. The number of carbonyl (C=O) groups is 1. The van der Waals surface area contributed by atoms with Crippen molar-refractivity contribution in [3.05, 3.63) is 71.0 Å². The molecule has 1 unspecified atom stereocenters. The largest absolute Gasteiger partial charge is 0.386 e. The average molecular weight is 338 g/mol. The van der Waals surface area contributed by atoms with Gasteiger partial charge in [-0.25, -0.2) is 18.0 Å². The molecule has 0 bridgehead atoms. The summed E-state index contributed by atoms with van der Waals surface area (Å²) >= 11 is 0. The van der Waals surface area contributed by atoms with E-state index in [0.717, 1.165) is 6.07 Å². The van der Waals surface area contributed by atoms with E-state index >= 15 is 0 Å². The molecule has 0 aromatic heterocycles. The van der Waals surface area contributed by atoms with Gasteiger partial charge in [0.25, 0.3) is 0 Å². The fraction of sp³-hybridized carbons (Fsp3) is 0.235. The number of rotatable bonds is 6. The van der Waals surface area contributed by atoms with Crippen molar-refractivity contribution in [2.45, 2.75) is 12.5 Å². The molecular formula is C17H17F3N2O2. The third kappa shape index (κ3) is 5.27. The van der Waals surface area contributed by atoms with Crippen molar-refractivity contribution in [1.29, 1.82) is 0 Å². The Bertz CT molecular complexity index is 690. The average Bonchev–Trinajstić information content (AvgIpc) is 2.52. The molecule has 2 aromatic rings. The van der Waals surface area contributed by atoms with Crippen LogP contribution < -0.4 is 10.6 Å². The summed E-state index contributed by atoms with van der Waals surface area (Å²) in [6, 6.07) is 8.31. The maximum atomic E-state index is 13.5. The molecular weight excluding hydrogens is 321 g/mol. The van der Waals surface area contributed by atoms with Crippen molar-refractivity contribution in [2.75, 3.05) is 13.1 Å². The molecule has 128 valence electrons. The van der Waals surface area contributed by atoms with E-state index in [9.17, 15) is 23.1 Å². The van der Waals surface area contributed by atoms with E-state index in [1.165, 1.54) is 30.3 Å². The van der Waals surface area contributed by atoms with Gasteiger partial charge in [-0.15, -0.1) is 0 Å². The summed E-state index contributed by atoms with van der Waals surface area (Å²) in [6.07, 6.45) is -0.924. The minimum Gasteiger partial charge on any atom is -0.386 e. The second kappa shape index (κ2) is 8.35. The summed E-state index contributed by atoms with van der Waals surface area (Å²) in [5.74, 6) is -1.91. The van der Waals surface area contributed by atoms with Gasteiger partial charge in [0.2, 0.25) is 0 Å². The van der Waals surface area contributed by atoms with E-state index in [0.29, 0.717) is 5.56 Å². The number of aliphatic hydroxyl groups excluding tert-OH is 1. The van der Waals surface area contributed by atoms with Crippen molar-refractivity contribution in [1.82, 2.24) is 10.6 Å². The molecule has 2 amide bonds. The van der Waals surface area contributed by atoms with Gasteiger partial charge in [-0.2, -0.15) is 0 Å². The van der Waals surface area contributed by atoms with E-state index in [2.05, 4.69) is 10.6 Å². The van der Waals surface area contributed by atoms with Gasteiger partial charge in [-0.3, -0.25) is 0 Å². The number of carbonyl (C=O) groups excluding carboxylic acids is 1. The lowest BCUT2D eigenvalue weighted by atomic mass is 10.1. The summed E-state index contributed by atoms with van der Waals surface area (Å²) in [7, 11) is 0. The zero-order chi connectivity index (χ0) is 17.5. The molecule has 0 heterocycles. The number of hydrogen-bond acceptors (Lipinski definition) is 2. The zero-order valence-corrected chi connectivity index (χ0v) is 12.7. The highest BCUT2D eigenvalue weighted by atomic mass is 19.1. The Balaban J connectivity index is 1.74. The second-order valence-corrected chi connectivity index (χ2v) is 5.20. The first kappa shape index (κ1) is 17.8.